The molecule has 0 aliphatic carbocycles. The van der Waals surface area contributed by atoms with Crippen molar-refractivity contribution in [1.82, 2.24) is 9.55 Å². The summed E-state index contributed by atoms with van der Waals surface area (Å²) in [6, 6.07) is 4.84. The molecule has 0 bridgehead atoms. The molecule has 92 valence electrons. The summed E-state index contributed by atoms with van der Waals surface area (Å²) >= 11 is 5.14. The molecule has 6 heteroatoms. The van der Waals surface area contributed by atoms with E-state index in [0.717, 1.165) is 5.52 Å². The van der Waals surface area contributed by atoms with Crippen LogP contribution in [0.4, 0.5) is 4.39 Å². The number of benzene rings is 1. The molecule has 0 amide bonds. The van der Waals surface area contributed by atoms with Crippen molar-refractivity contribution in [3.63, 3.8) is 0 Å². The molecule has 1 N–H and O–H groups in total. The Balaban J connectivity index is 2.40. The number of para-hydroxylation sites is 1. The van der Waals surface area contributed by atoms with Crippen LogP contribution in [0.3, 0.4) is 0 Å². The fourth-order valence-electron chi connectivity index (χ4n) is 1.70. The average Bonchev–Trinajstić information content (AvgIpc) is 2.64. The van der Waals surface area contributed by atoms with E-state index in [1.165, 1.54) is 6.07 Å². The molecule has 1 unspecified atom stereocenters. The summed E-state index contributed by atoms with van der Waals surface area (Å²) in [5.41, 5.74) is 1.14. The van der Waals surface area contributed by atoms with Crippen molar-refractivity contribution in [3.05, 3.63) is 28.8 Å². The van der Waals surface area contributed by atoms with Crippen LogP contribution in [0.15, 0.2) is 18.2 Å². The van der Waals surface area contributed by atoms with Crippen molar-refractivity contribution in [2.24, 2.45) is 0 Å². The minimum absolute atomic E-state index is 0.316. The zero-order chi connectivity index (χ0) is 12.4. The van der Waals surface area contributed by atoms with Crippen molar-refractivity contribution < 1.29 is 8.60 Å². The van der Waals surface area contributed by atoms with Gasteiger partial charge in [-0.15, -0.1) is 0 Å². The lowest BCUT2D eigenvalue weighted by molar-refractivity contribution is 0.637. The predicted octanol–water partition coefficient (Wildman–Crippen LogP) is 2.61. The van der Waals surface area contributed by atoms with E-state index in [4.69, 9.17) is 12.2 Å². The molecule has 1 atom stereocenters. The van der Waals surface area contributed by atoms with Crippen LogP contribution in [0.5, 0.6) is 0 Å². The van der Waals surface area contributed by atoms with Gasteiger partial charge in [-0.25, -0.2) is 4.39 Å². The molecule has 1 aromatic carbocycles. The Hall–Kier alpha value is -1.01. The summed E-state index contributed by atoms with van der Waals surface area (Å²) < 4.78 is 27.2. The molecule has 1 aromatic heterocycles. The lowest BCUT2D eigenvalue weighted by Gasteiger charge is -2.03. The Kier molecular flexibility index (Phi) is 3.73. The van der Waals surface area contributed by atoms with Crippen LogP contribution in [-0.2, 0) is 17.3 Å². The Morgan fingerprint density at radius 3 is 3.00 bits per heavy atom. The lowest BCUT2D eigenvalue weighted by atomic mass is 10.3. The van der Waals surface area contributed by atoms with Gasteiger partial charge in [-0.2, -0.15) is 0 Å². The maximum absolute atomic E-state index is 13.5. The molecule has 0 saturated heterocycles. The highest BCUT2D eigenvalue weighted by Crippen LogP contribution is 2.17. The number of aryl methyl sites for hydroxylation is 1. The monoisotopic (exact) mass is 272 g/mol. The van der Waals surface area contributed by atoms with E-state index in [1.807, 2.05) is 6.92 Å². The molecular weight excluding hydrogens is 259 g/mol. The molecule has 0 fully saturated rings. The van der Waals surface area contributed by atoms with E-state index >= 15 is 0 Å². The van der Waals surface area contributed by atoms with Gasteiger partial charge in [0.15, 0.2) is 4.77 Å². The zero-order valence-corrected chi connectivity index (χ0v) is 11.0. The highest BCUT2D eigenvalue weighted by Gasteiger charge is 2.08. The first-order chi connectivity index (χ1) is 8.13. The minimum Gasteiger partial charge on any atom is -0.328 e. The fraction of sp³-hybridized carbons (Fsp3) is 0.364. The Morgan fingerprint density at radius 2 is 2.29 bits per heavy atom. The number of nitrogens with one attached hydrogen (secondary N) is 1. The number of H-pyrrole nitrogens is 1. The van der Waals surface area contributed by atoms with E-state index in [2.05, 4.69) is 4.98 Å². The second kappa shape index (κ2) is 5.10. The van der Waals surface area contributed by atoms with Gasteiger partial charge in [0.05, 0.1) is 5.52 Å². The average molecular weight is 272 g/mol. The van der Waals surface area contributed by atoms with Crippen molar-refractivity contribution in [2.75, 3.05) is 11.5 Å². The Labute approximate surface area is 106 Å². The van der Waals surface area contributed by atoms with Crippen LogP contribution < -0.4 is 0 Å². The van der Waals surface area contributed by atoms with Gasteiger partial charge in [-0.1, -0.05) is 13.0 Å². The molecule has 3 nitrogen and oxygen atoms in total. The number of hydrogen-bond donors (Lipinski definition) is 1. The number of halogens is 1. The SMILES string of the molecule is CCS(=O)CCn1c(=S)[nH]c2c(F)cccc21. The number of imidazole rings is 1. The van der Waals surface area contributed by atoms with Gasteiger partial charge >= 0.3 is 0 Å². The molecule has 17 heavy (non-hydrogen) atoms. The highest BCUT2D eigenvalue weighted by molar-refractivity contribution is 7.84. The molecule has 0 saturated carbocycles. The number of hydrogen-bond acceptors (Lipinski definition) is 2. The fourth-order valence-corrected chi connectivity index (χ4v) is 2.67. The molecule has 0 spiro atoms. The number of rotatable bonds is 4. The minimum atomic E-state index is -0.843. The second-order valence-electron chi connectivity index (χ2n) is 3.65. The lowest BCUT2D eigenvalue weighted by Crippen LogP contribution is -2.08. The zero-order valence-electron chi connectivity index (χ0n) is 9.40. The predicted molar refractivity (Wildman–Crippen MR) is 70.6 cm³/mol. The summed E-state index contributed by atoms with van der Waals surface area (Å²) in [5.74, 6) is 0.849. The molecule has 0 aliphatic heterocycles. The quantitative estimate of drug-likeness (QED) is 0.869. The number of aromatic amines is 1. The van der Waals surface area contributed by atoms with Crippen LogP contribution in [0.25, 0.3) is 11.0 Å². The van der Waals surface area contributed by atoms with E-state index < -0.39 is 10.8 Å². The van der Waals surface area contributed by atoms with E-state index in [1.54, 1.807) is 16.7 Å². The summed E-state index contributed by atoms with van der Waals surface area (Å²) in [6.45, 7) is 2.42. The van der Waals surface area contributed by atoms with Gasteiger partial charge in [-0.05, 0) is 24.4 Å². The molecule has 2 rings (SSSR count). The van der Waals surface area contributed by atoms with Crippen molar-refractivity contribution >= 4 is 34.1 Å². The van der Waals surface area contributed by atoms with Crippen LogP contribution in [0.1, 0.15) is 6.92 Å². The van der Waals surface area contributed by atoms with E-state index in [-0.39, 0.29) is 5.82 Å². The van der Waals surface area contributed by atoms with Gasteiger partial charge in [0.2, 0.25) is 0 Å². The largest absolute Gasteiger partial charge is 0.328 e. The van der Waals surface area contributed by atoms with E-state index in [0.29, 0.717) is 28.3 Å². The summed E-state index contributed by atoms with van der Waals surface area (Å²) in [6.07, 6.45) is 0. The first-order valence-corrected chi connectivity index (χ1v) is 7.25. The molecule has 0 radical (unpaired) electrons. The Bertz CT molecular complexity index is 617. The van der Waals surface area contributed by atoms with E-state index in [9.17, 15) is 8.60 Å². The summed E-state index contributed by atoms with van der Waals surface area (Å²) in [7, 11) is -0.843. The number of nitrogens with zero attached hydrogens (tertiary/aromatic N) is 1. The van der Waals surface area contributed by atoms with Gasteiger partial charge in [0.1, 0.15) is 11.3 Å². The molecular formula is C11H13FN2OS2. The van der Waals surface area contributed by atoms with Crippen LogP contribution in [-0.4, -0.2) is 25.3 Å². The van der Waals surface area contributed by atoms with Crippen LogP contribution >= 0.6 is 12.2 Å². The van der Waals surface area contributed by atoms with Crippen molar-refractivity contribution in [2.45, 2.75) is 13.5 Å². The molecule has 1 heterocycles. The van der Waals surface area contributed by atoms with Gasteiger partial charge < -0.3 is 9.55 Å². The summed E-state index contributed by atoms with van der Waals surface area (Å²) in [5, 5.41) is 0. The topological polar surface area (TPSA) is 37.8 Å². The maximum atomic E-state index is 13.5. The van der Waals surface area contributed by atoms with Crippen LogP contribution in [0, 0.1) is 10.6 Å². The first kappa shape index (κ1) is 12.4. The third kappa shape index (κ3) is 2.47. The smallest absolute Gasteiger partial charge is 0.178 e. The standard InChI is InChI=1S/C11H13FN2OS2/c1-2-17(15)7-6-14-9-5-3-4-8(12)10(9)13-11(14)16/h3-5H,2,6-7H2,1H3,(H,13,16). The molecule has 2 aromatic rings. The normalized spacial score (nSPS) is 13.1. The Morgan fingerprint density at radius 1 is 1.53 bits per heavy atom. The van der Waals surface area contributed by atoms with Crippen molar-refractivity contribution in [3.8, 4) is 0 Å². The second-order valence-corrected chi connectivity index (χ2v) is 5.90. The van der Waals surface area contributed by atoms with Crippen molar-refractivity contribution in [1.29, 1.82) is 0 Å². The summed E-state index contributed by atoms with van der Waals surface area (Å²) in [4.78, 5) is 2.84. The van der Waals surface area contributed by atoms with Gasteiger partial charge in [0.25, 0.3) is 0 Å². The van der Waals surface area contributed by atoms with Crippen LogP contribution in [0.2, 0.25) is 0 Å². The molecule has 0 aliphatic rings. The van der Waals surface area contributed by atoms with Gasteiger partial charge in [0, 0.05) is 28.9 Å². The first-order valence-electron chi connectivity index (χ1n) is 5.35. The maximum Gasteiger partial charge on any atom is 0.178 e. The highest BCUT2D eigenvalue weighted by atomic mass is 32.2. The number of aromatic nitrogens is 2. The third-order valence-corrected chi connectivity index (χ3v) is 4.23. The third-order valence-electron chi connectivity index (χ3n) is 2.62. The number of fused-ring (bicyclic) bond motifs is 1. The van der Waals surface area contributed by atoms with Gasteiger partial charge in [-0.3, -0.25) is 4.21 Å².